The monoisotopic (exact) mass is 212 g/mol. The van der Waals surface area contributed by atoms with Crippen LogP contribution >= 0.6 is 0 Å². The summed E-state index contributed by atoms with van der Waals surface area (Å²) < 4.78 is 0. The normalized spacial score (nSPS) is 20.9. The highest BCUT2D eigenvalue weighted by molar-refractivity contribution is 5.76. The molecule has 1 heterocycles. The zero-order chi connectivity index (χ0) is 11.3. The fraction of sp³-hybridized carbons (Fsp3) is 0.917. The van der Waals surface area contributed by atoms with E-state index in [0.29, 0.717) is 17.9 Å². The molecule has 3 heteroatoms. The second-order valence-electron chi connectivity index (χ2n) is 4.54. The molecule has 1 aliphatic rings. The molecule has 15 heavy (non-hydrogen) atoms. The van der Waals surface area contributed by atoms with E-state index in [2.05, 4.69) is 19.2 Å². The van der Waals surface area contributed by atoms with E-state index in [1.807, 2.05) is 11.9 Å². The second-order valence-corrected chi connectivity index (χ2v) is 4.54. The van der Waals surface area contributed by atoms with Crippen LogP contribution in [0.25, 0.3) is 0 Å². The van der Waals surface area contributed by atoms with Gasteiger partial charge in [0, 0.05) is 19.5 Å². The van der Waals surface area contributed by atoms with E-state index in [9.17, 15) is 4.79 Å². The lowest BCUT2D eigenvalue weighted by atomic mass is 10.0. The van der Waals surface area contributed by atoms with Crippen molar-refractivity contribution in [2.75, 3.05) is 20.1 Å². The van der Waals surface area contributed by atoms with Gasteiger partial charge in [0.25, 0.3) is 0 Å². The first-order valence-electron chi connectivity index (χ1n) is 6.15. The van der Waals surface area contributed by atoms with Gasteiger partial charge in [-0.1, -0.05) is 13.8 Å². The van der Waals surface area contributed by atoms with Gasteiger partial charge in [-0.3, -0.25) is 4.79 Å². The summed E-state index contributed by atoms with van der Waals surface area (Å²) in [7, 11) is 1.95. The Kier molecular flexibility index (Phi) is 5.09. The summed E-state index contributed by atoms with van der Waals surface area (Å²) >= 11 is 0. The summed E-state index contributed by atoms with van der Waals surface area (Å²) in [5.74, 6) is 0.881. The van der Waals surface area contributed by atoms with E-state index < -0.39 is 0 Å². The molecular weight excluding hydrogens is 188 g/mol. The van der Waals surface area contributed by atoms with Crippen molar-refractivity contribution in [3.8, 4) is 0 Å². The molecule has 0 bridgehead atoms. The Morgan fingerprint density at radius 2 is 2.13 bits per heavy atom. The van der Waals surface area contributed by atoms with E-state index in [4.69, 9.17) is 0 Å². The zero-order valence-electron chi connectivity index (χ0n) is 10.3. The van der Waals surface area contributed by atoms with E-state index in [1.165, 1.54) is 0 Å². The van der Waals surface area contributed by atoms with Gasteiger partial charge < -0.3 is 10.2 Å². The molecule has 1 aliphatic heterocycles. The quantitative estimate of drug-likeness (QED) is 0.751. The molecule has 0 aromatic carbocycles. The van der Waals surface area contributed by atoms with Crippen LogP contribution in [-0.4, -0.2) is 37.0 Å². The third kappa shape index (κ3) is 3.49. The highest BCUT2D eigenvalue weighted by atomic mass is 16.2. The lowest BCUT2D eigenvalue weighted by Gasteiger charge is -2.27. The molecule has 1 amide bonds. The zero-order valence-corrected chi connectivity index (χ0v) is 10.3. The Morgan fingerprint density at radius 3 is 2.60 bits per heavy atom. The maximum atomic E-state index is 12.0. The van der Waals surface area contributed by atoms with Crippen LogP contribution in [0.2, 0.25) is 0 Å². The van der Waals surface area contributed by atoms with Crippen LogP contribution < -0.4 is 5.32 Å². The summed E-state index contributed by atoms with van der Waals surface area (Å²) in [5, 5.41) is 3.30. The van der Waals surface area contributed by atoms with Gasteiger partial charge in [0.05, 0.1) is 0 Å². The predicted octanol–water partition coefficient (Wildman–Crippen LogP) is 1.63. The second kappa shape index (κ2) is 6.11. The molecule has 0 aliphatic carbocycles. The Bertz CT molecular complexity index is 196. The molecule has 1 unspecified atom stereocenters. The Balaban J connectivity index is 2.37. The topological polar surface area (TPSA) is 32.3 Å². The van der Waals surface area contributed by atoms with E-state index in [-0.39, 0.29) is 0 Å². The number of rotatable bonds is 5. The predicted molar refractivity (Wildman–Crippen MR) is 62.7 cm³/mol. The first-order chi connectivity index (χ1) is 7.19. The first-order valence-corrected chi connectivity index (χ1v) is 6.15. The number of hydrogen-bond acceptors (Lipinski definition) is 2. The van der Waals surface area contributed by atoms with Crippen LogP contribution in [0.1, 0.15) is 39.5 Å². The van der Waals surface area contributed by atoms with Crippen LogP contribution in [0.3, 0.4) is 0 Å². The van der Waals surface area contributed by atoms with Gasteiger partial charge in [0.2, 0.25) is 5.91 Å². The van der Waals surface area contributed by atoms with E-state index in [0.717, 1.165) is 38.8 Å². The summed E-state index contributed by atoms with van der Waals surface area (Å²) in [6.45, 7) is 6.39. The van der Waals surface area contributed by atoms with Crippen LogP contribution in [0, 0.1) is 5.92 Å². The average Bonchev–Trinajstić information content (AvgIpc) is 2.72. The molecule has 1 rings (SSSR count). The third-order valence-corrected chi connectivity index (χ3v) is 3.51. The molecule has 0 aromatic heterocycles. The van der Waals surface area contributed by atoms with Crippen LogP contribution in [0.5, 0.6) is 0 Å². The molecule has 1 fully saturated rings. The Morgan fingerprint density at radius 1 is 1.47 bits per heavy atom. The molecule has 0 saturated carbocycles. The van der Waals surface area contributed by atoms with Crippen molar-refractivity contribution in [2.45, 2.75) is 45.6 Å². The third-order valence-electron chi connectivity index (χ3n) is 3.51. The van der Waals surface area contributed by atoms with Crippen molar-refractivity contribution in [2.24, 2.45) is 5.92 Å². The summed E-state index contributed by atoms with van der Waals surface area (Å²) in [5.41, 5.74) is 0. The highest BCUT2D eigenvalue weighted by Crippen LogP contribution is 2.15. The summed E-state index contributed by atoms with van der Waals surface area (Å²) in [6, 6.07) is 0.423. The SMILES string of the molecule is CCC(CC)N(C)C(=O)CC1CCNC1. The number of nitrogens with zero attached hydrogens (tertiary/aromatic N) is 1. The lowest BCUT2D eigenvalue weighted by Crippen LogP contribution is -2.37. The van der Waals surface area contributed by atoms with Crippen molar-refractivity contribution < 1.29 is 4.79 Å². The summed E-state index contributed by atoms with van der Waals surface area (Å²) in [4.78, 5) is 13.9. The number of carbonyl (C=O) groups excluding carboxylic acids is 1. The molecule has 0 aromatic rings. The highest BCUT2D eigenvalue weighted by Gasteiger charge is 2.22. The Hall–Kier alpha value is -0.570. The molecule has 0 radical (unpaired) electrons. The van der Waals surface area contributed by atoms with E-state index >= 15 is 0 Å². The first kappa shape index (κ1) is 12.5. The average molecular weight is 212 g/mol. The standard InChI is InChI=1S/C12H24N2O/c1-4-11(5-2)14(3)12(15)8-10-6-7-13-9-10/h10-11,13H,4-9H2,1-3H3. The molecular formula is C12H24N2O. The van der Waals surface area contributed by atoms with Gasteiger partial charge in [0.15, 0.2) is 0 Å². The fourth-order valence-electron chi connectivity index (χ4n) is 2.32. The van der Waals surface area contributed by atoms with Gasteiger partial charge >= 0.3 is 0 Å². The van der Waals surface area contributed by atoms with Crippen molar-refractivity contribution in [1.82, 2.24) is 10.2 Å². The van der Waals surface area contributed by atoms with Gasteiger partial charge in [-0.15, -0.1) is 0 Å². The molecule has 3 nitrogen and oxygen atoms in total. The van der Waals surface area contributed by atoms with Crippen LogP contribution in [0.15, 0.2) is 0 Å². The maximum Gasteiger partial charge on any atom is 0.222 e. The fourth-order valence-corrected chi connectivity index (χ4v) is 2.32. The largest absolute Gasteiger partial charge is 0.343 e. The number of hydrogen-bond donors (Lipinski definition) is 1. The molecule has 1 saturated heterocycles. The van der Waals surface area contributed by atoms with Gasteiger partial charge in [-0.25, -0.2) is 0 Å². The molecule has 88 valence electrons. The minimum Gasteiger partial charge on any atom is -0.343 e. The number of carbonyl (C=O) groups is 1. The molecule has 0 spiro atoms. The minimum absolute atomic E-state index is 0.317. The van der Waals surface area contributed by atoms with Crippen LogP contribution in [0.4, 0.5) is 0 Å². The number of amides is 1. The van der Waals surface area contributed by atoms with Gasteiger partial charge in [0.1, 0.15) is 0 Å². The van der Waals surface area contributed by atoms with E-state index in [1.54, 1.807) is 0 Å². The Labute approximate surface area is 93.2 Å². The van der Waals surface area contributed by atoms with Gasteiger partial charge in [-0.2, -0.15) is 0 Å². The van der Waals surface area contributed by atoms with Crippen molar-refractivity contribution in [1.29, 1.82) is 0 Å². The number of nitrogens with one attached hydrogen (secondary N) is 1. The van der Waals surface area contributed by atoms with Gasteiger partial charge in [-0.05, 0) is 38.3 Å². The maximum absolute atomic E-state index is 12.0. The van der Waals surface area contributed by atoms with Crippen LogP contribution in [-0.2, 0) is 4.79 Å². The van der Waals surface area contributed by atoms with Crippen molar-refractivity contribution >= 4 is 5.91 Å². The van der Waals surface area contributed by atoms with Crippen molar-refractivity contribution in [3.63, 3.8) is 0 Å². The molecule has 1 atom stereocenters. The van der Waals surface area contributed by atoms with Crippen molar-refractivity contribution in [3.05, 3.63) is 0 Å². The molecule has 1 N–H and O–H groups in total. The summed E-state index contributed by atoms with van der Waals surface area (Å²) in [6.07, 6.45) is 3.99. The smallest absolute Gasteiger partial charge is 0.222 e. The minimum atomic E-state index is 0.317. The lowest BCUT2D eigenvalue weighted by molar-refractivity contribution is -0.133.